The molecule has 100 heteroatoms. The third-order valence-corrected chi connectivity index (χ3v) is 215. The molecule has 116 heavy (non-hydrogen) atoms. The van der Waals surface area contributed by atoms with Crippen molar-refractivity contribution in [3.05, 3.63) is 42.0 Å². The monoisotopic (exact) mass is 3360 g/mol. The minimum Gasteiger partial charge on any atom is -0.324 e. The van der Waals surface area contributed by atoms with Gasteiger partial charge in [-0.15, -0.1) is 0 Å². The van der Waals surface area contributed by atoms with Crippen LogP contribution in [0.4, 0.5) is 5.69 Å². The van der Waals surface area contributed by atoms with Gasteiger partial charge in [-0.25, -0.2) is 0 Å². The number of hydrogen-bond acceptors (Lipinski definition) is 4. The van der Waals surface area contributed by atoms with Gasteiger partial charge in [0.1, 0.15) is 0 Å². The maximum absolute atomic E-state index is 12.1. The van der Waals surface area contributed by atoms with E-state index >= 15 is 0 Å². The van der Waals surface area contributed by atoms with Crippen LogP contribution in [0.1, 0.15) is 31.1 Å². The highest BCUT2D eigenvalue weighted by Crippen LogP contribution is 2.28. The molecule has 1 N–H and O–H groups in total. The molecule has 0 spiro atoms. The van der Waals surface area contributed by atoms with E-state index in [9.17, 15) is 9.59 Å². The van der Waals surface area contributed by atoms with Gasteiger partial charge in [0.25, 0.3) is 0 Å². The van der Waals surface area contributed by atoms with Crippen molar-refractivity contribution >= 4 is 895 Å². The zero-order chi connectivity index (χ0) is 83.2. The molecule has 1 amide bonds. The Morgan fingerprint density at radius 3 is 0.491 bits per heavy atom. The van der Waals surface area contributed by atoms with Crippen LogP contribution in [0.3, 0.4) is 0 Å². The second kappa shape index (κ2) is 116. The first-order valence-electron chi connectivity index (χ1n) is 22.2. The fraction of sp³-hybridized carbons (Fsp3) is 0.250. The molecule has 3 nitrogen and oxygen atoms in total. The Morgan fingerprint density at radius 1 is 0.224 bits per heavy atom. The van der Waals surface area contributed by atoms with Crippen LogP contribution in [-0.4, -0.2) is 12.2 Å². The molecule has 2 aromatic carbocycles. The van der Waals surface area contributed by atoms with E-state index in [4.69, 9.17) is 22.4 Å². The minimum atomic E-state index is -0.503. The van der Waals surface area contributed by atoms with Crippen LogP contribution < -0.4 is 5.32 Å². The molecule has 0 aliphatic heterocycles. The maximum Gasteiger partial charge on any atom is 0.229 e. The Balaban J connectivity index is 0.00000305. The van der Waals surface area contributed by atoms with Crippen molar-refractivity contribution < 1.29 is 9.59 Å². The van der Waals surface area contributed by atoms with Crippen LogP contribution >= 0.6 is 0 Å². The van der Waals surface area contributed by atoms with Gasteiger partial charge in [-0.1, -0.05) is 51.1 Å². The fourth-order valence-corrected chi connectivity index (χ4v) is 258. The quantitative estimate of drug-likeness (QED) is 0.470. The topological polar surface area (TPSA) is 46.2 Å². The summed E-state index contributed by atoms with van der Waals surface area (Å²) in [4.78, 5) is 23.3. The van der Waals surface area contributed by atoms with Crippen molar-refractivity contribution in [1.82, 2.24) is 0 Å². The number of hydrogen-bond donors (Lipinski definition) is 1. The summed E-state index contributed by atoms with van der Waals surface area (Å²) in [7, 11) is 172. The molecule has 0 unspecified atom stereocenters. The zero-order valence-corrected chi connectivity index (χ0v) is 130. The Labute approximate surface area is 949 Å². The van der Waals surface area contributed by atoms with E-state index < -0.39 is 5.41 Å². The van der Waals surface area contributed by atoms with Crippen molar-refractivity contribution in [3.8, 4) is 0 Å². The van der Waals surface area contributed by atoms with Crippen molar-refractivity contribution in [1.29, 1.82) is 0 Å². The van der Waals surface area contributed by atoms with Gasteiger partial charge in [0.15, 0.2) is 6.29 Å². The largest absolute Gasteiger partial charge is 0.324 e. The molecule has 2 rings (SSSR count). The number of fused-ring (bicyclic) bond motifs is 1. The number of rotatable bonds is 2. The van der Waals surface area contributed by atoms with E-state index in [-0.39, 0.29) is 5.91 Å². The van der Waals surface area contributed by atoms with E-state index in [0.29, 0.717) is 11.3 Å². The number of carbonyl (C=O) groups is 2. The van der Waals surface area contributed by atoms with Crippen LogP contribution in [0, 0.1) is 5.41 Å². The van der Waals surface area contributed by atoms with Crippen molar-refractivity contribution in [3.63, 3.8) is 0 Å². The first-order chi connectivity index (χ1) is 57.3. The zero-order valence-electron chi connectivity index (χ0n) is 51.0. The lowest BCUT2D eigenvalue weighted by Gasteiger charge is -2.19. The van der Waals surface area contributed by atoms with Gasteiger partial charge in [0.2, 0.25) is 5.91 Å². The molecule has 0 aliphatic carbocycles. The number of carbonyl (C=O) groups excluding carboxylic acids is 2. The molecular weight excluding hydrogens is 3350 g/mol. The van der Waals surface area contributed by atoms with Crippen LogP contribution in [0.15, 0.2) is 36.4 Å². The van der Waals surface area contributed by atoms with Crippen molar-refractivity contribution in [2.75, 3.05) is 5.32 Å². The van der Waals surface area contributed by atoms with E-state index in [1.165, 1.54) is 17.8 Å². The third kappa shape index (κ3) is 105. The molecule has 0 heterocycles. The van der Waals surface area contributed by atoms with Gasteiger partial charge in [0.05, 0.1) is 5.69 Å². The second-order valence-electron chi connectivity index (χ2n) is 12.0. The van der Waals surface area contributed by atoms with Crippen molar-refractivity contribution in [2.24, 2.45) is 5.41 Å². The molecule has 0 fully saturated rings. The number of benzene rings is 2. The van der Waals surface area contributed by atoms with E-state index in [1.807, 2.05) is 770 Å². The summed E-state index contributed by atoms with van der Waals surface area (Å²) in [6.45, 7) is 5.52. The average molecular weight is 3370 g/mol. The highest BCUT2D eigenvalue weighted by molar-refractivity contribution is 8.87. The van der Waals surface area contributed by atoms with Crippen LogP contribution in [0.2, 0.25) is 0 Å². The predicted molar refractivity (Wildman–Crippen MR) is 792 cm³/mol. The van der Waals surface area contributed by atoms with E-state index in [0.717, 1.165) is 17.1 Å². The van der Waals surface area contributed by atoms with Gasteiger partial charge >= 0.3 is 0 Å². The standard InChI is InChI=1S/C16H17NO2.S97/c1-16(2,3)15(19)17-14-12(10-18)9-8-11-6-4-5-7-13(11)14;1-3-5-7-9-11-13-15-17-19-21-23-25-27-29-31-33-35-37-39-41-43-45-47-49-51-53-55-57-59-61-63-65-67-69-71-73-75-77-79-81-83-85-87-89-91-93-95-97-96-94-92-90-88-86-84-82-80-78-76-74-72-70-68-66-64-62-60-58-56-54-52-50-48-46-44-42-40-38-36-34-32-30-28-26-24-22-20-18-16-14-12-10-8-6-4-2/h4-10H,1-3H3,(H,17,19);. The molecule has 0 saturated heterocycles. The molecular formula is C16H17NO2S97. The smallest absolute Gasteiger partial charge is 0.229 e. The summed E-state index contributed by atoms with van der Waals surface area (Å²) in [5.74, 6) is -0.105. The van der Waals surface area contributed by atoms with Crippen LogP contribution in [0.25, 0.3) is 10.8 Å². The Hall–Kier alpha value is 19.2. The Kier molecular flexibility index (Phi) is 133. The molecule has 0 saturated carbocycles. The molecule has 0 atom stereocenters. The number of aldehydes is 1. The summed E-state index contributed by atoms with van der Waals surface area (Å²) in [6, 6.07) is 11.3. The van der Waals surface area contributed by atoms with Gasteiger partial charge in [-0.05, 0) is 11.5 Å². The van der Waals surface area contributed by atoms with Gasteiger partial charge < -0.3 is 5.32 Å². The fourth-order valence-electron chi connectivity index (χ4n) is 2.88. The minimum absolute atomic E-state index is 0.105. The highest BCUT2D eigenvalue weighted by atomic mass is 33.6. The van der Waals surface area contributed by atoms with E-state index in [1.54, 1.807) is 113 Å². The van der Waals surface area contributed by atoms with Crippen LogP contribution in [-0.2, 0) is 871 Å². The van der Waals surface area contributed by atoms with Gasteiger partial charge in [-0.3, -0.25) is 9.59 Å². The molecule has 2 aromatic rings. The lowest BCUT2D eigenvalue weighted by Crippen LogP contribution is -2.28. The summed E-state index contributed by atoms with van der Waals surface area (Å²) in [5, 5.41) is 4.75. The molecule has 680 valence electrons. The summed E-state index contributed by atoms with van der Waals surface area (Å²) >= 11 is 9.66. The van der Waals surface area contributed by atoms with Gasteiger partial charge in [-0.2, -0.15) is 0 Å². The lowest BCUT2D eigenvalue weighted by molar-refractivity contribution is -0.123. The SMILES string of the molecule is CC(C)(C)C(=O)Nc1c(C=O)ccc2ccccc12.S=S=S=S=S=S=S=S=S=S=S=S=S=S=S=S=S=S=S=S=S=S=S=S=S=S=S=S=S=S=S=S=S=S=S=S=S=S=S=S=S=S=S=S=S=S=S=S=S=S=S=S=S=S=S=S=S=S=S=S=S=S=S=S=S=S=S=S=S=S=S=S=S=S=S=S=S=S=S=S=S=S=S=S=S=S=S=S=S=S=S=S=S=S=S=S=S. The predicted octanol–water partition coefficient (Wildman–Crippen LogP) is 3.40. The van der Waals surface area contributed by atoms with Crippen LogP contribution in [0.5, 0.6) is 0 Å². The highest BCUT2D eigenvalue weighted by Gasteiger charge is 2.22. The lowest BCUT2D eigenvalue weighted by atomic mass is 9.95. The number of amides is 1. The second-order valence-corrected chi connectivity index (χ2v) is 180. The number of nitrogens with one attached hydrogen (secondary N) is 1. The van der Waals surface area contributed by atoms with Crippen molar-refractivity contribution in [2.45, 2.75) is 20.8 Å². The summed E-state index contributed by atoms with van der Waals surface area (Å²) in [5.41, 5.74) is 0.584. The molecule has 0 aliphatic rings. The average Bonchev–Trinajstić information content (AvgIpc) is 0.800. The molecule has 0 radical (unpaired) electrons. The first-order valence-corrected chi connectivity index (χ1v) is 150. The third-order valence-electron chi connectivity index (χ3n) is 5.62. The van der Waals surface area contributed by atoms with E-state index in [2.05, 4.69) is 5.32 Å². The molecule has 0 bridgehead atoms. The summed E-state index contributed by atoms with van der Waals surface area (Å²) in [6.07, 6.45) is 0.769. The normalized spacial score (nSPS) is 8.44. The number of anilines is 1. The van der Waals surface area contributed by atoms with Gasteiger partial charge in [0, 0.05) is 882 Å². The Bertz CT molecular complexity index is 8480. The molecule has 0 aromatic heterocycles. The Morgan fingerprint density at radius 2 is 0.362 bits per heavy atom. The maximum atomic E-state index is 12.1. The summed E-state index contributed by atoms with van der Waals surface area (Å²) < 4.78 is 0. The first kappa shape index (κ1) is 133.